The third-order valence-electron chi connectivity index (χ3n) is 8.30. The van der Waals surface area contributed by atoms with Crippen LogP contribution < -0.4 is 15.5 Å². The molecule has 0 saturated carbocycles. The van der Waals surface area contributed by atoms with E-state index >= 15 is 4.39 Å². The molecule has 0 bridgehead atoms. The van der Waals surface area contributed by atoms with Crippen LogP contribution in [0.2, 0.25) is 0 Å². The van der Waals surface area contributed by atoms with E-state index in [0.717, 1.165) is 0 Å². The number of morpholine rings is 1. The van der Waals surface area contributed by atoms with E-state index in [1.54, 1.807) is 12.1 Å². The molecule has 2 aliphatic heterocycles. The lowest BCUT2D eigenvalue weighted by Gasteiger charge is -2.45. The van der Waals surface area contributed by atoms with Gasteiger partial charge in [0.1, 0.15) is 23.9 Å². The molecule has 0 radical (unpaired) electrons. The first-order valence-electron chi connectivity index (χ1n) is 14.8. The van der Waals surface area contributed by atoms with Crippen molar-refractivity contribution in [3.8, 4) is 0 Å². The van der Waals surface area contributed by atoms with Gasteiger partial charge in [0.2, 0.25) is 17.7 Å². The van der Waals surface area contributed by atoms with E-state index in [1.165, 1.54) is 22.1 Å². The van der Waals surface area contributed by atoms with Gasteiger partial charge in [-0.15, -0.1) is 0 Å². The Kier molecular flexibility index (Phi) is 8.63. The van der Waals surface area contributed by atoms with Crippen molar-refractivity contribution in [2.24, 2.45) is 11.8 Å². The predicted octanol–water partition coefficient (Wildman–Crippen LogP) is 3.38. The van der Waals surface area contributed by atoms with Crippen LogP contribution in [0.1, 0.15) is 56.8 Å². The Bertz CT molecular complexity index is 1270. The standard InChI is InChI=1S/C32H41FN4O4/c1-19(2)15-27-30(38)35-28(24-16-21-7-5-6-8-22(21)17-24)32(40)37(27)29(31(39)34-20(3)4)23-9-10-26(25(33)18-23)36-11-13-41-14-12-36/h5-10,18-20,24,27-29H,11-17H2,1-4H3,(H,34,39)(H,35,38). The van der Waals surface area contributed by atoms with Crippen molar-refractivity contribution in [1.82, 2.24) is 15.5 Å². The molecule has 2 saturated heterocycles. The number of carbonyl (C=O) groups is 3. The van der Waals surface area contributed by atoms with Crippen LogP contribution in [0, 0.1) is 17.7 Å². The largest absolute Gasteiger partial charge is 0.378 e. The van der Waals surface area contributed by atoms with Crippen molar-refractivity contribution in [2.45, 2.75) is 71.1 Å². The number of hydrogen-bond donors (Lipinski definition) is 2. The van der Waals surface area contributed by atoms with Gasteiger partial charge in [-0.25, -0.2) is 4.39 Å². The highest BCUT2D eigenvalue weighted by atomic mass is 19.1. The summed E-state index contributed by atoms with van der Waals surface area (Å²) in [5.74, 6) is -1.50. The van der Waals surface area contributed by atoms with Crippen molar-refractivity contribution in [1.29, 1.82) is 0 Å². The average molecular weight is 565 g/mol. The van der Waals surface area contributed by atoms with E-state index in [1.807, 2.05) is 44.7 Å². The van der Waals surface area contributed by atoms with Crippen LogP contribution in [-0.2, 0) is 32.0 Å². The van der Waals surface area contributed by atoms with E-state index in [-0.39, 0.29) is 29.7 Å². The number of piperazine rings is 1. The first-order chi connectivity index (χ1) is 19.6. The summed E-state index contributed by atoms with van der Waals surface area (Å²) in [7, 11) is 0. The summed E-state index contributed by atoms with van der Waals surface area (Å²) < 4.78 is 21.1. The summed E-state index contributed by atoms with van der Waals surface area (Å²) in [6.45, 7) is 9.81. The highest BCUT2D eigenvalue weighted by Crippen LogP contribution is 2.36. The Hall–Kier alpha value is -3.46. The van der Waals surface area contributed by atoms with E-state index in [2.05, 4.69) is 22.8 Å². The second kappa shape index (κ2) is 12.2. The SMILES string of the molecule is CC(C)CC1C(=O)NC(C2Cc3ccccc3C2)C(=O)N1C(C(=O)NC(C)C)c1ccc(N2CCOCC2)c(F)c1. The Labute approximate surface area is 241 Å². The number of carbonyl (C=O) groups excluding carboxylic acids is 3. The lowest BCUT2D eigenvalue weighted by atomic mass is 9.87. The molecule has 41 heavy (non-hydrogen) atoms. The first kappa shape index (κ1) is 29.0. The fourth-order valence-electron chi connectivity index (χ4n) is 6.43. The molecule has 2 aromatic rings. The summed E-state index contributed by atoms with van der Waals surface area (Å²) in [4.78, 5) is 45.3. The minimum absolute atomic E-state index is 0.0857. The zero-order valence-electron chi connectivity index (χ0n) is 24.4. The maximum atomic E-state index is 15.6. The van der Waals surface area contributed by atoms with Gasteiger partial charge in [-0.1, -0.05) is 44.2 Å². The fourth-order valence-corrected chi connectivity index (χ4v) is 6.43. The number of amides is 3. The third kappa shape index (κ3) is 6.10. The molecule has 2 N–H and O–H groups in total. The van der Waals surface area contributed by atoms with Gasteiger partial charge in [-0.05, 0) is 73.8 Å². The molecule has 2 fully saturated rings. The summed E-state index contributed by atoms with van der Waals surface area (Å²) in [6, 6.07) is 9.82. The van der Waals surface area contributed by atoms with E-state index < -0.39 is 29.8 Å². The van der Waals surface area contributed by atoms with Crippen molar-refractivity contribution in [3.63, 3.8) is 0 Å². The molecule has 5 rings (SSSR count). The summed E-state index contributed by atoms with van der Waals surface area (Å²) in [5.41, 5.74) is 3.13. The molecule has 0 aromatic heterocycles. The topological polar surface area (TPSA) is 91.0 Å². The van der Waals surface area contributed by atoms with Crippen LogP contribution in [-0.4, -0.2) is 67.1 Å². The highest BCUT2D eigenvalue weighted by molar-refractivity contribution is 6.00. The third-order valence-corrected chi connectivity index (χ3v) is 8.30. The highest BCUT2D eigenvalue weighted by Gasteiger charge is 2.49. The molecule has 2 aromatic carbocycles. The van der Waals surface area contributed by atoms with E-state index in [0.29, 0.717) is 56.8 Å². The molecule has 220 valence electrons. The molecular weight excluding hydrogens is 523 g/mol. The van der Waals surface area contributed by atoms with Gasteiger partial charge < -0.3 is 25.2 Å². The summed E-state index contributed by atoms with van der Waals surface area (Å²) in [5, 5.41) is 5.95. The zero-order valence-corrected chi connectivity index (χ0v) is 24.4. The maximum absolute atomic E-state index is 15.6. The van der Waals surface area contributed by atoms with Crippen molar-refractivity contribution < 1.29 is 23.5 Å². The van der Waals surface area contributed by atoms with Gasteiger partial charge >= 0.3 is 0 Å². The average Bonchev–Trinajstić information content (AvgIpc) is 3.36. The Balaban J connectivity index is 1.53. The lowest BCUT2D eigenvalue weighted by molar-refractivity contribution is -0.158. The first-order valence-corrected chi connectivity index (χ1v) is 14.8. The van der Waals surface area contributed by atoms with Gasteiger partial charge in [0.05, 0.1) is 18.9 Å². The predicted molar refractivity (Wildman–Crippen MR) is 155 cm³/mol. The van der Waals surface area contributed by atoms with Gasteiger partial charge in [0.15, 0.2) is 0 Å². The van der Waals surface area contributed by atoms with Crippen LogP contribution >= 0.6 is 0 Å². The Morgan fingerprint density at radius 2 is 1.71 bits per heavy atom. The van der Waals surface area contributed by atoms with Crippen molar-refractivity contribution in [3.05, 3.63) is 65.0 Å². The molecule has 2 heterocycles. The molecule has 8 nitrogen and oxygen atoms in total. The molecule has 3 amide bonds. The fraction of sp³-hybridized carbons (Fsp3) is 0.531. The number of nitrogens with one attached hydrogen (secondary N) is 2. The number of nitrogens with zero attached hydrogens (tertiary/aromatic N) is 2. The van der Waals surface area contributed by atoms with Crippen molar-refractivity contribution >= 4 is 23.4 Å². The molecule has 1 aliphatic carbocycles. The van der Waals surface area contributed by atoms with Gasteiger partial charge in [-0.3, -0.25) is 14.4 Å². The van der Waals surface area contributed by atoms with Gasteiger partial charge in [0, 0.05) is 19.1 Å². The van der Waals surface area contributed by atoms with Crippen LogP contribution in [0.4, 0.5) is 10.1 Å². The smallest absolute Gasteiger partial charge is 0.247 e. The molecule has 0 spiro atoms. The number of halogens is 1. The number of hydrogen-bond acceptors (Lipinski definition) is 5. The Morgan fingerprint density at radius 3 is 2.29 bits per heavy atom. The summed E-state index contributed by atoms with van der Waals surface area (Å²) >= 11 is 0. The Morgan fingerprint density at radius 1 is 1.05 bits per heavy atom. The van der Waals surface area contributed by atoms with Crippen LogP contribution in [0.15, 0.2) is 42.5 Å². The van der Waals surface area contributed by atoms with Crippen molar-refractivity contribution in [2.75, 3.05) is 31.2 Å². The summed E-state index contributed by atoms with van der Waals surface area (Å²) in [6.07, 6.45) is 1.72. The minimum atomic E-state index is -1.15. The number of fused-ring (bicyclic) bond motifs is 1. The van der Waals surface area contributed by atoms with Crippen LogP contribution in [0.25, 0.3) is 0 Å². The molecule has 9 heteroatoms. The quantitative estimate of drug-likeness (QED) is 0.513. The lowest BCUT2D eigenvalue weighted by Crippen LogP contribution is -2.67. The van der Waals surface area contributed by atoms with Crippen LogP contribution in [0.5, 0.6) is 0 Å². The molecular formula is C32H41FN4O4. The number of ether oxygens (including phenoxy) is 1. The van der Waals surface area contributed by atoms with Gasteiger partial charge in [-0.2, -0.15) is 0 Å². The number of benzene rings is 2. The van der Waals surface area contributed by atoms with Gasteiger partial charge in [0.25, 0.3) is 0 Å². The number of anilines is 1. The van der Waals surface area contributed by atoms with E-state index in [4.69, 9.17) is 4.74 Å². The molecule has 3 unspecified atom stereocenters. The molecule has 3 aliphatic rings. The maximum Gasteiger partial charge on any atom is 0.247 e. The second-order valence-electron chi connectivity index (χ2n) is 12.2. The second-order valence-corrected chi connectivity index (χ2v) is 12.2. The van der Waals surface area contributed by atoms with E-state index in [9.17, 15) is 14.4 Å². The number of rotatable bonds is 8. The monoisotopic (exact) mass is 564 g/mol. The molecule has 3 atom stereocenters. The minimum Gasteiger partial charge on any atom is -0.378 e. The normalized spacial score (nSPS) is 22.2. The van der Waals surface area contributed by atoms with Crippen LogP contribution in [0.3, 0.4) is 0 Å². The zero-order chi connectivity index (χ0) is 29.3.